The van der Waals surface area contributed by atoms with Gasteiger partial charge in [-0.25, -0.2) is 4.98 Å². The molecule has 2 amide bonds. The normalized spacial score (nSPS) is 14.7. The van der Waals surface area contributed by atoms with Gasteiger partial charge in [0.05, 0.1) is 11.9 Å². The number of hydrogen-bond acceptors (Lipinski definition) is 4. The standard InChI is InChI=1S/C22H28N4O2/c1-16(27)25-11-13-26(14-12-25)21(28)20-10-9-19(15-23-20)24-18-7-5-17(6-8-18)22(2,3)4/h5-10,15,24H,11-14H2,1-4H3. The molecule has 6 nitrogen and oxygen atoms in total. The Bertz CT molecular complexity index is 830. The molecule has 1 aromatic carbocycles. The van der Waals surface area contributed by atoms with Gasteiger partial charge in [-0.3, -0.25) is 9.59 Å². The third kappa shape index (κ3) is 4.68. The molecule has 1 N–H and O–H groups in total. The highest BCUT2D eigenvalue weighted by atomic mass is 16.2. The summed E-state index contributed by atoms with van der Waals surface area (Å²) < 4.78 is 0. The van der Waals surface area contributed by atoms with Crippen molar-refractivity contribution >= 4 is 23.2 Å². The van der Waals surface area contributed by atoms with Crippen molar-refractivity contribution < 1.29 is 9.59 Å². The molecule has 0 spiro atoms. The van der Waals surface area contributed by atoms with Gasteiger partial charge in [-0.15, -0.1) is 0 Å². The van der Waals surface area contributed by atoms with Gasteiger partial charge in [-0.2, -0.15) is 0 Å². The Labute approximate surface area is 166 Å². The van der Waals surface area contributed by atoms with Crippen molar-refractivity contribution in [2.24, 2.45) is 0 Å². The van der Waals surface area contributed by atoms with Crippen LogP contribution in [0.1, 0.15) is 43.7 Å². The molecular formula is C22H28N4O2. The fourth-order valence-corrected chi connectivity index (χ4v) is 3.20. The minimum atomic E-state index is -0.0933. The minimum Gasteiger partial charge on any atom is -0.354 e. The van der Waals surface area contributed by atoms with Crippen molar-refractivity contribution in [3.63, 3.8) is 0 Å². The van der Waals surface area contributed by atoms with Gasteiger partial charge in [0.2, 0.25) is 5.91 Å². The maximum Gasteiger partial charge on any atom is 0.272 e. The number of carbonyl (C=O) groups excluding carboxylic acids is 2. The van der Waals surface area contributed by atoms with Crippen molar-refractivity contribution in [2.45, 2.75) is 33.1 Å². The molecule has 1 aliphatic rings. The average Bonchev–Trinajstić information content (AvgIpc) is 2.68. The number of hydrogen-bond donors (Lipinski definition) is 1. The molecule has 1 fully saturated rings. The van der Waals surface area contributed by atoms with Crippen LogP contribution in [-0.4, -0.2) is 52.8 Å². The third-order valence-electron chi connectivity index (χ3n) is 5.03. The molecule has 0 unspecified atom stereocenters. The van der Waals surface area contributed by atoms with Crippen LogP contribution in [0, 0.1) is 0 Å². The first-order chi connectivity index (χ1) is 13.2. The summed E-state index contributed by atoms with van der Waals surface area (Å²) in [5.41, 5.74) is 3.64. The monoisotopic (exact) mass is 380 g/mol. The number of rotatable bonds is 3. The lowest BCUT2D eigenvalue weighted by Gasteiger charge is -2.34. The second-order valence-corrected chi connectivity index (χ2v) is 8.18. The second-order valence-electron chi connectivity index (χ2n) is 8.18. The largest absolute Gasteiger partial charge is 0.354 e. The molecule has 0 saturated carbocycles. The SMILES string of the molecule is CC(=O)N1CCN(C(=O)c2ccc(Nc3ccc(C(C)(C)C)cc3)cn2)CC1. The van der Waals surface area contributed by atoms with Crippen molar-refractivity contribution in [1.82, 2.24) is 14.8 Å². The Morgan fingerprint density at radius 1 is 0.893 bits per heavy atom. The van der Waals surface area contributed by atoms with E-state index in [9.17, 15) is 9.59 Å². The lowest BCUT2D eigenvalue weighted by molar-refractivity contribution is -0.130. The number of nitrogens with one attached hydrogen (secondary N) is 1. The highest BCUT2D eigenvalue weighted by Gasteiger charge is 2.23. The van der Waals surface area contributed by atoms with E-state index in [-0.39, 0.29) is 17.2 Å². The zero-order valence-electron chi connectivity index (χ0n) is 17.0. The van der Waals surface area contributed by atoms with E-state index in [0.717, 1.165) is 11.4 Å². The van der Waals surface area contributed by atoms with Crippen LogP contribution in [0.4, 0.5) is 11.4 Å². The summed E-state index contributed by atoms with van der Waals surface area (Å²) in [6, 6.07) is 11.9. The van der Waals surface area contributed by atoms with E-state index >= 15 is 0 Å². The first-order valence-corrected chi connectivity index (χ1v) is 9.62. The number of benzene rings is 1. The number of aromatic nitrogens is 1. The van der Waals surface area contributed by atoms with Gasteiger partial charge < -0.3 is 15.1 Å². The molecule has 1 aliphatic heterocycles. The fourth-order valence-electron chi connectivity index (χ4n) is 3.20. The van der Waals surface area contributed by atoms with Gasteiger partial charge in [0.15, 0.2) is 0 Å². The van der Waals surface area contributed by atoms with E-state index in [2.05, 4.69) is 43.2 Å². The fraction of sp³-hybridized carbons (Fsp3) is 0.409. The van der Waals surface area contributed by atoms with Gasteiger partial charge >= 0.3 is 0 Å². The smallest absolute Gasteiger partial charge is 0.272 e. The van der Waals surface area contributed by atoms with Crippen LogP contribution in [0.2, 0.25) is 0 Å². The van der Waals surface area contributed by atoms with Gasteiger partial charge in [-0.1, -0.05) is 32.9 Å². The van der Waals surface area contributed by atoms with E-state index in [4.69, 9.17) is 0 Å². The lowest BCUT2D eigenvalue weighted by Crippen LogP contribution is -2.50. The van der Waals surface area contributed by atoms with E-state index in [1.54, 1.807) is 29.0 Å². The Hall–Kier alpha value is -2.89. The molecule has 3 rings (SSSR count). The summed E-state index contributed by atoms with van der Waals surface area (Å²) in [5.74, 6) is -0.0412. The Balaban J connectivity index is 1.60. The Morgan fingerprint density at radius 3 is 1.96 bits per heavy atom. The van der Waals surface area contributed by atoms with Crippen LogP contribution in [0.3, 0.4) is 0 Å². The van der Waals surface area contributed by atoms with Gasteiger partial charge in [0.25, 0.3) is 5.91 Å². The number of amides is 2. The summed E-state index contributed by atoms with van der Waals surface area (Å²) in [6.45, 7) is 10.4. The molecule has 0 atom stereocenters. The van der Waals surface area contributed by atoms with Crippen LogP contribution in [-0.2, 0) is 10.2 Å². The van der Waals surface area contributed by atoms with E-state index in [1.807, 2.05) is 18.2 Å². The molecule has 1 saturated heterocycles. The van der Waals surface area contributed by atoms with Crippen molar-refractivity contribution in [3.8, 4) is 0 Å². The summed E-state index contributed by atoms with van der Waals surface area (Å²) in [5, 5.41) is 3.31. The highest BCUT2D eigenvalue weighted by Crippen LogP contribution is 2.24. The van der Waals surface area contributed by atoms with Crippen LogP contribution in [0.5, 0.6) is 0 Å². The summed E-state index contributed by atoms with van der Waals surface area (Å²) >= 11 is 0. The van der Waals surface area contributed by atoms with Crippen molar-refractivity contribution in [3.05, 3.63) is 53.9 Å². The topological polar surface area (TPSA) is 65.5 Å². The number of piperazine rings is 1. The number of anilines is 2. The minimum absolute atomic E-state index is 0.0520. The summed E-state index contributed by atoms with van der Waals surface area (Å²) in [7, 11) is 0. The summed E-state index contributed by atoms with van der Waals surface area (Å²) in [6.07, 6.45) is 1.68. The van der Waals surface area contributed by atoms with Crippen LogP contribution in [0.15, 0.2) is 42.6 Å². The molecule has 6 heteroatoms. The van der Waals surface area contributed by atoms with Crippen LogP contribution < -0.4 is 5.32 Å². The van der Waals surface area contributed by atoms with Gasteiger partial charge in [0, 0.05) is 38.8 Å². The molecular weight excluding hydrogens is 352 g/mol. The Kier molecular flexibility index (Phi) is 5.68. The molecule has 0 aliphatic carbocycles. The molecule has 1 aromatic heterocycles. The number of carbonyl (C=O) groups is 2. The van der Waals surface area contributed by atoms with E-state index < -0.39 is 0 Å². The predicted molar refractivity (Wildman–Crippen MR) is 111 cm³/mol. The number of nitrogens with zero attached hydrogens (tertiary/aromatic N) is 3. The predicted octanol–water partition coefficient (Wildman–Crippen LogP) is 3.43. The Morgan fingerprint density at radius 2 is 1.46 bits per heavy atom. The maximum absolute atomic E-state index is 12.6. The number of pyridine rings is 1. The quantitative estimate of drug-likeness (QED) is 0.886. The summed E-state index contributed by atoms with van der Waals surface area (Å²) in [4.78, 5) is 31.9. The zero-order valence-corrected chi connectivity index (χ0v) is 17.0. The van der Waals surface area contributed by atoms with Gasteiger partial charge in [0.1, 0.15) is 5.69 Å². The first-order valence-electron chi connectivity index (χ1n) is 9.62. The zero-order chi connectivity index (χ0) is 20.3. The molecule has 0 bridgehead atoms. The van der Waals surface area contributed by atoms with Crippen LogP contribution in [0.25, 0.3) is 0 Å². The van der Waals surface area contributed by atoms with Crippen LogP contribution >= 0.6 is 0 Å². The van der Waals surface area contributed by atoms with Gasteiger partial charge in [-0.05, 0) is 35.2 Å². The first kappa shape index (κ1) is 19.9. The maximum atomic E-state index is 12.6. The van der Waals surface area contributed by atoms with E-state index in [1.165, 1.54) is 5.56 Å². The molecule has 2 aromatic rings. The molecule has 148 valence electrons. The van der Waals surface area contributed by atoms with Crippen molar-refractivity contribution in [1.29, 1.82) is 0 Å². The lowest BCUT2D eigenvalue weighted by atomic mass is 9.87. The van der Waals surface area contributed by atoms with Crippen molar-refractivity contribution in [2.75, 3.05) is 31.5 Å². The molecule has 0 radical (unpaired) electrons. The molecule has 2 heterocycles. The van der Waals surface area contributed by atoms with E-state index in [0.29, 0.717) is 31.9 Å². The average molecular weight is 380 g/mol. The molecule has 28 heavy (non-hydrogen) atoms. The third-order valence-corrected chi connectivity index (χ3v) is 5.03. The second kappa shape index (κ2) is 8.00. The highest BCUT2D eigenvalue weighted by molar-refractivity contribution is 5.92.